The van der Waals surface area contributed by atoms with Crippen molar-refractivity contribution >= 4 is 29.6 Å². The van der Waals surface area contributed by atoms with Crippen molar-refractivity contribution < 1.29 is 29.1 Å². The Morgan fingerprint density at radius 2 is 1.49 bits per heavy atom. The molecule has 11 heteroatoms. The molecule has 3 aromatic rings. The van der Waals surface area contributed by atoms with Crippen LogP contribution < -0.4 is 21.3 Å². The molecule has 0 saturated carbocycles. The van der Waals surface area contributed by atoms with E-state index in [0.717, 1.165) is 11.1 Å². The number of carbonyl (C=O) groups is 5. The molecule has 1 aliphatic rings. The Kier molecular flexibility index (Phi) is 13.2. The molecule has 0 bridgehead atoms. The monoisotopic (exact) mass is 639 g/mol. The quantitative estimate of drug-likeness (QED) is 0.179. The van der Waals surface area contributed by atoms with Gasteiger partial charge in [-0.3, -0.25) is 29.0 Å². The molecule has 1 aromatic heterocycles. The lowest BCUT2D eigenvalue weighted by atomic mass is 10.0. The van der Waals surface area contributed by atoms with Crippen LogP contribution in [-0.4, -0.2) is 63.9 Å². The number of allylic oxidation sites excluding steroid dienone is 2. The van der Waals surface area contributed by atoms with E-state index >= 15 is 0 Å². The van der Waals surface area contributed by atoms with Gasteiger partial charge in [0.25, 0.3) is 0 Å². The minimum absolute atomic E-state index is 0.0925. The predicted molar refractivity (Wildman–Crippen MR) is 176 cm³/mol. The molecule has 0 fully saturated rings. The van der Waals surface area contributed by atoms with Crippen LogP contribution in [0.25, 0.3) is 0 Å². The molecule has 0 saturated heterocycles. The van der Waals surface area contributed by atoms with Crippen molar-refractivity contribution in [3.63, 3.8) is 0 Å². The van der Waals surface area contributed by atoms with Crippen LogP contribution in [0, 0.1) is 0 Å². The van der Waals surface area contributed by atoms with Crippen LogP contribution in [-0.2, 0) is 43.2 Å². The number of carboxylic acids is 1. The lowest BCUT2D eigenvalue weighted by Gasteiger charge is -2.27. The molecule has 2 aromatic carbocycles. The standard InChI is InChI=1S/C36H41N5O6/c42-32(22-26-14-7-4-8-15-26)39-29-17-9-1-2-10-18-30(40-34(29)45)35(46)41-31(21-27-16-11-19-37-24-27)36(47)38-28(23-33(43)44)20-25-12-5-3-6-13-25/h1-8,11-16,19,24,28-31H,9-10,17-18,20-23H2,(H,38,47)(H,39,42)(H,40,45)(H,41,46)(H,43,44)/b2-1+/t28-,29-,30-,31-/m0/s1. The maximum atomic E-state index is 13.7. The number of hydrogen-bond donors (Lipinski definition) is 5. The fourth-order valence-corrected chi connectivity index (χ4v) is 5.42. The second-order valence-corrected chi connectivity index (χ2v) is 11.6. The zero-order valence-corrected chi connectivity index (χ0v) is 26.1. The molecular formula is C36H41N5O6. The van der Waals surface area contributed by atoms with Gasteiger partial charge in [0.15, 0.2) is 0 Å². The van der Waals surface area contributed by atoms with E-state index in [9.17, 15) is 29.1 Å². The largest absolute Gasteiger partial charge is 0.481 e. The summed E-state index contributed by atoms with van der Waals surface area (Å²) < 4.78 is 0. The third-order valence-corrected chi connectivity index (χ3v) is 7.79. The Morgan fingerprint density at radius 1 is 0.830 bits per heavy atom. The van der Waals surface area contributed by atoms with Gasteiger partial charge in [-0.2, -0.15) is 0 Å². The molecule has 0 spiro atoms. The molecule has 246 valence electrons. The average Bonchev–Trinajstić information content (AvgIpc) is 3.05. The number of nitrogens with zero attached hydrogens (tertiary/aromatic N) is 1. The molecule has 0 aliphatic carbocycles. The third kappa shape index (κ3) is 11.8. The number of pyridine rings is 1. The molecule has 4 atom stereocenters. The van der Waals surface area contributed by atoms with E-state index in [2.05, 4.69) is 26.3 Å². The van der Waals surface area contributed by atoms with Gasteiger partial charge < -0.3 is 26.4 Å². The first-order valence-corrected chi connectivity index (χ1v) is 15.8. The number of carbonyl (C=O) groups excluding carboxylic acids is 4. The topological polar surface area (TPSA) is 167 Å². The number of nitrogens with one attached hydrogen (secondary N) is 4. The molecule has 0 unspecified atom stereocenters. The molecule has 4 rings (SSSR count). The molecular weight excluding hydrogens is 598 g/mol. The van der Waals surface area contributed by atoms with Crippen LogP contribution in [0.3, 0.4) is 0 Å². The highest BCUT2D eigenvalue weighted by Gasteiger charge is 2.31. The second-order valence-electron chi connectivity index (χ2n) is 11.6. The van der Waals surface area contributed by atoms with Crippen LogP contribution in [0.5, 0.6) is 0 Å². The lowest BCUT2D eigenvalue weighted by Crippen LogP contribution is -2.58. The first-order chi connectivity index (χ1) is 22.8. The molecule has 47 heavy (non-hydrogen) atoms. The number of aliphatic carboxylic acids is 1. The summed E-state index contributed by atoms with van der Waals surface area (Å²) in [4.78, 5) is 69.3. The summed E-state index contributed by atoms with van der Waals surface area (Å²) in [6.45, 7) is 0. The van der Waals surface area contributed by atoms with Gasteiger partial charge in [0.05, 0.1) is 12.8 Å². The highest BCUT2D eigenvalue weighted by Crippen LogP contribution is 2.11. The van der Waals surface area contributed by atoms with Gasteiger partial charge in [-0.25, -0.2) is 0 Å². The SMILES string of the molecule is O=C(O)C[C@H](Cc1ccccc1)NC(=O)[C@H](Cc1cccnc1)NC(=O)[C@@H]1CC/C=C/CC[C@H](NC(=O)Cc2ccccc2)C(=O)N1. The lowest BCUT2D eigenvalue weighted by molar-refractivity contribution is -0.138. The van der Waals surface area contributed by atoms with Gasteiger partial charge in [-0.1, -0.05) is 78.9 Å². The van der Waals surface area contributed by atoms with E-state index in [-0.39, 0.29) is 38.0 Å². The summed E-state index contributed by atoms with van der Waals surface area (Å²) in [5.41, 5.74) is 2.36. The molecule has 0 radical (unpaired) electrons. The zero-order chi connectivity index (χ0) is 33.4. The van der Waals surface area contributed by atoms with Gasteiger partial charge in [-0.05, 0) is 54.9 Å². The van der Waals surface area contributed by atoms with Crippen LogP contribution in [0.2, 0.25) is 0 Å². The van der Waals surface area contributed by atoms with Crippen molar-refractivity contribution in [2.24, 2.45) is 0 Å². The summed E-state index contributed by atoms with van der Waals surface area (Å²) in [6, 6.07) is 18.3. The van der Waals surface area contributed by atoms with E-state index in [0.29, 0.717) is 24.8 Å². The Morgan fingerprint density at radius 3 is 2.15 bits per heavy atom. The Bertz CT molecular complexity index is 1520. The molecule has 5 N–H and O–H groups in total. The number of carboxylic acid groups (broad SMARTS) is 1. The summed E-state index contributed by atoms with van der Waals surface area (Å²) >= 11 is 0. The highest BCUT2D eigenvalue weighted by molar-refractivity contribution is 5.94. The maximum absolute atomic E-state index is 13.7. The summed E-state index contributed by atoms with van der Waals surface area (Å²) in [7, 11) is 0. The van der Waals surface area contributed by atoms with Gasteiger partial charge in [0, 0.05) is 24.9 Å². The van der Waals surface area contributed by atoms with Crippen LogP contribution in [0.4, 0.5) is 0 Å². The van der Waals surface area contributed by atoms with Crippen molar-refractivity contribution in [3.8, 4) is 0 Å². The number of rotatable bonds is 13. The Labute approximate surface area is 274 Å². The van der Waals surface area contributed by atoms with Crippen molar-refractivity contribution in [1.29, 1.82) is 0 Å². The molecule has 11 nitrogen and oxygen atoms in total. The summed E-state index contributed by atoms with van der Waals surface area (Å²) in [6.07, 6.45) is 8.95. The van der Waals surface area contributed by atoms with Crippen molar-refractivity contribution in [2.75, 3.05) is 0 Å². The smallest absolute Gasteiger partial charge is 0.305 e. The average molecular weight is 640 g/mol. The Hall–Kier alpha value is -5.32. The van der Waals surface area contributed by atoms with Crippen LogP contribution >= 0.6 is 0 Å². The fourth-order valence-electron chi connectivity index (χ4n) is 5.42. The molecule has 2 heterocycles. The number of aromatic nitrogens is 1. The summed E-state index contributed by atoms with van der Waals surface area (Å²) in [5, 5.41) is 20.7. The zero-order valence-electron chi connectivity index (χ0n) is 26.1. The van der Waals surface area contributed by atoms with Crippen molar-refractivity contribution in [2.45, 2.75) is 75.5 Å². The van der Waals surface area contributed by atoms with E-state index < -0.39 is 47.9 Å². The number of amides is 4. The number of hydrogen-bond acceptors (Lipinski definition) is 6. The number of benzene rings is 2. The highest BCUT2D eigenvalue weighted by atomic mass is 16.4. The molecule has 4 amide bonds. The second kappa shape index (κ2) is 18.0. The van der Waals surface area contributed by atoms with Gasteiger partial charge in [0.1, 0.15) is 18.1 Å². The Balaban J connectivity index is 1.47. The predicted octanol–water partition coefficient (Wildman–Crippen LogP) is 2.65. The molecule has 1 aliphatic heterocycles. The fraction of sp³-hybridized carbons (Fsp3) is 0.333. The third-order valence-electron chi connectivity index (χ3n) is 7.79. The summed E-state index contributed by atoms with van der Waals surface area (Å²) in [5.74, 6) is -2.98. The van der Waals surface area contributed by atoms with Gasteiger partial charge in [0.2, 0.25) is 23.6 Å². The van der Waals surface area contributed by atoms with Crippen LogP contribution in [0.15, 0.2) is 97.3 Å². The van der Waals surface area contributed by atoms with E-state index in [4.69, 9.17) is 0 Å². The van der Waals surface area contributed by atoms with Gasteiger partial charge >= 0.3 is 5.97 Å². The van der Waals surface area contributed by atoms with Gasteiger partial charge in [-0.15, -0.1) is 0 Å². The van der Waals surface area contributed by atoms with E-state index in [1.807, 2.05) is 72.8 Å². The van der Waals surface area contributed by atoms with E-state index in [1.54, 1.807) is 24.5 Å². The first kappa shape index (κ1) is 34.6. The minimum atomic E-state index is -1.08. The first-order valence-electron chi connectivity index (χ1n) is 15.8. The minimum Gasteiger partial charge on any atom is -0.481 e. The normalized spacial score (nSPS) is 18.4. The maximum Gasteiger partial charge on any atom is 0.305 e. The van der Waals surface area contributed by atoms with Crippen molar-refractivity contribution in [1.82, 2.24) is 26.3 Å². The van der Waals surface area contributed by atoms with E-state index in [1.165, 1.54) is 0 Å². The van der Waals surface area contributed by atoms with Crippen LogP contribution in [0.1, 0.15) is 48.8 Å². The van der Waals surface area contributed by atoms with Crippen molar-refractivity contribution in [3.05, 3.63) is 114 Å².